The first-order valence-corrected chi connectivity index (χ1v) is 6.91. The number of fused-ring (bicyclic) bond motifs is 1. The first-order valence-electron chi connectivity index (χ1n) is 6.91. The molecule has 0 amide bonds. The van der Waals surface area contributed by atoms with Crippen molar-refractivity contribution in [1.82, 2.24) is 0 Å². The quantitative estimate of drug-likeness (QED) is 0.877. The lowest BCUT2D eigenvalue weighted by Crippen LogP contribution is -2.26. The molecular weight excluding hydrogens is 278 g/mol. The number of ether oxygens (including phenoxy) is 2. The Labute approximate surface area is 126 Å². The second-order valence-corrected chi connectivity index (χ2v) is 5.47. The number of nitrogens with two attached hydrogens (primary N) is 1. The van der Waals surface area contributed by atoms with Crippen LogP contribution >= 0.6 is 12.4 Å². The number of hydrogen-bond donors (Lipinski definition) is 2. The molecule has 2 atom stereocenters. The van der Waals surface area contributed by atoms with Gasteiger partial charge in [0.25, 0.3) is 0 Å². The zero-order chi connectivity index (χ0) is 13.8. The molecule has 0 bridgehead atoms. The number of benzene rings is 1. The Hall–Kier alpha value is -0.970. The van der Waals surface area contributed by atoms with Crippen LogP contribution in [0.1, 0.15) is 38.3 Å². The van der Waals surface area contributed by atoms with Gasteiger partial charge in [-0.1, -0.05) is 19.9 Å². The maximum absolute atomic E-state index is 10.1. The molecule has 1 aliphatic heterocycles. The van der Waals surface area contributed by atoms with Gasteiger partial charge >= 0.3 is 0 Å². The SMILES string of the molecule is CC(C)CC[C@H](O)[C@H](N)c1ccc2c(c1)OCCO2.Cl. The monoisotopic (exact) mass is 301 g/mol. The Balaban J connectivity index is 0.00000200. The minimum atomic E-state index is -0.523. The minimum Gasteiger partial charge on any atom is -0.486 e. The molecule has 3 N–H and O–H groups in total. The molecule has 1 aliphatic rings. The highest BCUT2D eigenvalue weighted by molar-refractivity contribution is 5.85. The molecule has 0 aliphatic carbocycles. The van der Waals surface area contributed by atoms with Gasteiger partial charge in [-0.15, -0.1) is 12.4 Å². The zero-order valence-corrected chi connectivity index (χ0v) is 12.9. The smallest absolute Gasteiger partial charge is 0.161 e. The van der Waals surface area contributed by atoms with E-state index >= 15 is 0 Å². The lowest BCUT2D eigenvalue weighted by molar-refractivity contribution is 0.127. The van der Waals surface area contributed by atoms with E-state index in [9.17, 15) is 5.11 Å². The van der Waals surface area contributed by atoms with Gasteiger partial charge in [-0.2, -0.15) is 0 Å². The summed E-state index contributed by atoms with van der Waals surface area (Å²) in [4.78, 5) is 0. The molecule has 4 nitrogen and oxygen atoms in total. The summed E-state index contributed by atoms with van der Waals surface area (Å²) in [6.07, 6.45) is 1.16. The van der Waals surface area contributed by atoms with Crippen LogP contribution in [0.5, 0.6) is 11.5 Å². The lowest BCUT2D eigenvalue weighted by Gasteiger charge is -2.23. The number of aliphatic hydroxyl groups is 1. The van der Waals surface area contributed by atoms with E-state index in [-0.39, 0.29) is 18.4 Å². The molecule has 0 fully saturated rings. The second kappa shape index (κ2) is 7.72. The van der Waals surface area contributed by atoms with Gasteiger partial charge in [0.05, 0.1) is 12.1 Å². The summed E-state index contributed by atoms with van der Waals surface area (Å²) in [5, 5.41) is 10.1. The third-order valence-electron chi connectivity index (χ3n) is 3.41. The molecule has 1 aromatic rings. The first-order chi connectivity index (χ1) is 9.08. The minimum absolute atomic E-state index is 0. The van der Waals surface area contributed by atoms with Crippen molar-refractivity contribution in [2.75, 3.05) is 13.2 Å². The standard InChI is InChI=1S/C15H23NO3.ClH/c1-10(2)3-5-12(17)15(16)11-4-6-13-14(9-11)19-8-7-18-13;/h4,6,9-10,12,15,17H,3,5,7-8,16H2,1-2H3;1H/t12-,15+;/m0./s1. The third kappa shape index (κ3) is 4.27. The Bertz CT molecular complexity index is 426. The topological polar surface area (TPSA) is 64.7 Å². The van der Waals surface area contributed by atoms with Gasteiger partial charge in [0.15, 0.2) is 11.5 Å². The molecule has 1 heterocycles. The fraction of sp³-hybridized carbons (Fsp3) is 0.600. The van der Waals surface area contributed by atoms with Crippen molar-refractivity contribution in [3.63, 3.8) is 0 Å². The average Bonchev–Trinajstić information content (AvgIpc) is 2.43. The Morgan fingerprint density at radius 2 is 1.80 bits per heavy atom. The number of rotatable bonds is 5. The molecule has 0 aromatic heterocycles. The van der Waals surface area contributed by atoms with E-state index in [0.29, 0.717) is 25.6 Å². The van der Waals surface area contributed by atoms with Gasteiger partial charge in [0.1, 0.15) is 13.2 Å². The van der Waals surface area contributed by atoms with Crippen molar-refractivity contribution >= 4 is 12.4 Å². The van der Waals surface area contributed by atoms with Gasteiger partial charge in [-0.3, -0.25) is 0 Å². The Morgan fingerprint density at radius 3 is 2.45 bits per heavy atom. The van der Waals surface area contributed by atoms with E-state index in [4.69, 9.17) is 15.2 Å². The van der Waals surface area contributed by atoms with Crippen LogP contribution in [0.2, 0.25) is 0 Å². The fourth-order valence-electron chi connectivity index (χ4n) is 2.17. The van der Waals surface area contributed by atoms with Crippen LogP contribution in [0.25, 0.3) is 0 Å². The van der Waals surface area contributed by atoms with Gasteiger partial charge in [0, 0.05) is 0 Å². The normalized spacial score (nSPS) is 16.4. The second-order valence-electron chi connectivity index (χ2n) is 5.47. The molecule has 0 spiro atoms. The highest BCUT2D eigenvalue weighted by Crippen LogP contribution is 2.33. The number of hydrogen-bond acceptors (Lipinski definition) is 4. The molecule has 114 valence electrons. The lowest BCUT2D eigenvalue weighted by atomic mass is 9.96. The van der Waals surface area contributed by atoms with Crippen LogP contribution in [0.4, 0.5) is 0 Å². The average molecular weight is 302 g/mol. The van der Waals surface area contributed by atoms with Crippen molar-refractivity contribution in [3.8, 4) is 11.5 Å². The van der Waals surface area contributed by atoms with Crippen molar-refractivity contribution in [2.24, 2.45) is 11.7 Å². The molecule has 1 aromatic carbocycles. The molecule has 20 heavy (non-hydrogen) atoms. The summed E-state index contributed by atoms with van der Waals surface area (Å²) in [6.45, 7) is 5.42. The first kappa shape index (κ1) is 17.1. The zero-order valence-electron chi connectivity index (χ0n) is 12.0. The number of aliphatic hydroxyl groups excluding tert-OH is 1. The molecule has 0 saturated carbocycles. The van der Waals surface area contributed by atoms with Crippen LogP contribution in [0.15, 0.2) is 18.2 Å². The van der Waals surface area contributed by atoms with Crippen LogP contribution in [-0.2, 0) is 0 Å². The van der Waals surface area contributed by atoms with Crippen molar-refractivity contribution in [1.29, 1.82) is 0 Å². The molecule has 5 heteroatoms. The van der Waals surface area contributed by atoms with Crippen LogP contribution in [0, 0.1) is 5.92 Å². The highest BCUT2D eigenvalue weighted by atomic mass is 35.5. The summed E-state index contributed by atoms with van der Waals surface area (Å²) in [6, 6.07) is 5.25. The van der Waals surface area contributed by atoms with Gasteiger partial charge < -0.3 is 20.3 Å². The van der Waals surface area contributed by atoms with E-state index in [0.717, 1.165) is 23.5 Å². The molecular formula is C15H24ClNO3. The van der Waals surface area contributed by atoms with Crippen LogP contribution in [-0.4, -0.2) is 24.4 Å². The molecule has 0 unspecified atom stereocenters. The van der Waals surface area contributed by atoms with E-state index in [1.54, 1.807) is 0 Å². The van der Waals surface area contributed by atoms with E-state index in [1.807, 2.05) is 18.2 Å². The molecule has 0 radical (unpaired) electrons. The summed E-state index contributed by atoms with van der Waals surface area (Å²) >= 11 is 0. The summed E-state index contributed by atoms with van der Waals surface area (Å²) in [5.41, 5.74) is 7.00. The van der Waals surface area contributed by atoms with Crippen molar-refractivity contribution in [2.45, 2.75) is 38.8 Å². The maximum Gasteiger partial charge on any atom is 0.161 e. The molecule has 0 saturated heterocycles. The third-order valence-corrected chi connectivity index (χ3v) is 3.41. The van der Waals surface area contributed by atoms with Crippen molar-refractivity contribution in [3.05, 3.63) is 23.8 Å². The molecule has 2 rings (SSSR count). The van der Waals surface area contributed by atoms with Crippen LogP contribution < -0.4 is 15.2 Å². The Kier molecular flexibility index (Phi) is 6.59. The van der Waals surface area contributed by atoms with Gasteiger partial charge in [-0.25, -0.2) is 0 Å². The predicted octanol–water partition coefficient (Wildman–Crippen LogP) is 2.68. The largest absolute Gasteiger partial charge is 0.486 e. The summed E-state index contributed by atoms with van der Waals surface area (Å²) in [7, 11) is 0. The van der Waals surface area contributed by atoms with E-state index in [2.05, 4.69) is 13.8 Å². The maximum atomic E-state index is 10.1. The van der Waals surface area contributed by atoms with Crippen LogP contribution in [0.3, 0.4) is 0 Å². The van der Waals surface area contributed by atoms with Gasteiger partial charge in [0.2, 0.25) is 0 Å². The predicted molar refractivity (Wildman–Crippen MR) is 81.7 cm³/mol. The van der Waals surface area contributed by atoms with E-state index in [1.165, 1.54) is 0 Å². The highest BCUT2D eigenvalue weighted by Gasteiger charge is 2.20. The summed E-state index contributed by atoms with van der Waals surface area (Å²) in [5.74, 6) is 2.04. The number of halogens is 1. The summed E-state index contributed by atoms with van der Waals surface area (Å²) < 4.78 is 11.0. The Morgan fingerprint density at radius 1 is 1.15 bits per heavy atom. The fourth-order valence-corrected chi connectivity index (χ4v) is 2.17. The van der Waals surface area contributed by atoms with E-state index < -0.39 is 6.10 Å². The van der Waals surface area contributed by atoms with Crippen molar-refractivity contribution < 1.29 is 14.6 Å². The van der Waals surface area contributed by atoms with Gasteiger partial charge in [-0.05, 0) is 36.5 Å².